The first-order valence-electron chi connectivity index (χ1n) is 7.74. The summed E-state index contributed by atoms with van der Waals surface area (Å²) in [5.41, 5.74) is -0.0514. The van der Waals surface area contributed by atoms with Gasteiger partial charge < -0.3 is 9.47 Å². The number of morpholine rings is 1. The zero-order valence-electron chi connectivity index (χ0n) is 13.5. The molecule has 0 N–H and O–H groups in total. The maximum atomic E-state index is 13.6. The molecule has 2 aromatic rings. The van der Waals surface area contributed by atoms with Crippen molar-refractivity contribution in [3.63, 3.8) is 0 Å². The Bertz CT molecular complexity index is 929. The number of carbonyl (C=O) groups is 1. The maximum Gasteiger partial charge on any atom is 0.343 e. The van der Waals surface area contributed by atoms with E-state index in [1.54, 1.807) is 0 Å². The SMILES string of the molecule is O=C(Oc1ccccc1F)c1ccc(Cl)c(S(=O)(=O)N2CCOCC2)c1. The van der Waals surface area contributed by atoms with Gasteiger partial charge in [-0.05, 0) is 30.3 Å². The maximum absolute atomic E-state index is 13.6. The highest BCUT2D eigenvalue weighted by Gasteiger charge is 2.29. The van der Waals surface area contributed by atoms with E-state index in [9.17, 15) is 17.6 Å². The third kappa shape index (κ3) is 3.88. The zero-order chi connectivity index (χ0) is 18.7. The van der Waals surface area contributed by atoms with Gasteiger partial charge in [0.05, 0.1) is 23.8 Å². The molecule has 3 rings (SSSR count). The third-order valence-corrected chi connectivity index (χ3v) is 6.17. The van der Waals surface area contributed by atoms with Crippen molar-refractivity contribution in [1.29, 1.82) is 0 Å². The fourth-order valence-electron chi connectivity index (χ4n) is 2.44. The number of esters is 1. The Morgan fingerprint density at radius 2 is 1.85 bits per heavy atom. The molecule has 2 aromatic carbocycles. The summed E-state index contributed by atoms with van der Waals surface area (Å²) < 4.78 is 50.6. The van der Waals surface area contributed by atoms with E-state index in [1.165, 1.54) is 34.6 Å². The fourth-order valence-corrected chi connectivity index (χ4v) is 4.35. The minimum atomic E-state index is -3.89. The molecule has 6 nitrogen and oxygen atoms in total. The molecule has 0 unspecified atom stereocenters. The summed E-state index contributed by atoms with van der Waals surface area (Å²) >= 11 is 6.04. The first-order chi connectivity index (χ1) is 12.4. The quantitative estimate of drug-likeness (QED) is 0.584. The molecule has 0 atom stereocenters. The molecule has 138 valence electrons. The van der Waals surface area contributed by atoms with Crippen LogP contribution in [0, 0.1) is 5.82 Å². The van der Waals surface area contributed by atoms with E-state index in [4.69, 9.17) is 21.1 Å². The molecule has 0 aliphatic carbocycles. The van der Waals surface area contributed by atoms with E-state index >= 15 is 0 Å². The smallest absolute Gasteiger partial charge is 0.343 e. The van der Waals surface area contributed by atoms with Crippen molar-refractivity contribution in [3.8, 4) is 5.75 Å². The minimum Gasteiger partial charge on any atom is -0.420 e. The number of halogens is 2. The van der Waals surface area contributed by atoms with Crippen molar-refractivity contribution in [3.05, 3.63) is 58.9 Å². The summed E-state index contributed by atoms with van der Waals surface area (Å²) in [4.78, 5) is 12.1. The number of hydrogen-bond acceptors (Lipinski definition) is 5. The second-order valence-corrected chi connectivity index (χ2v) is 7.80. The van der Waals surface area contributed by atoms with E-state index in [2.05, 4.69) is 0 Å². The summed E-state index contributed by atoms with van der Waals surface area (Å²) in [5.74, 6) is -1.83. The molecule has 1 saturated heterocycles. The topological polar surface area (TPSA) is 72.9 Å². The molecule has 0 amide bonds. The van der Waals surface area contributed by atoms with Crippen LogP contribution in [0.25, 0.3) is 0 Å². The van der Waals surface area contributed by atoms with Gasteiger partial charge >= 0.3 is 5.97 Å². The average Bonchev–Trinajstić information content (AvgIpc) is 2.64. The summed E-state index contributed by atoms with van der Waals surface area (Å²) in [6.07, 6.45) is 0. The highest BCUT2D eigenvalue weighted by atomic mass is 35.5. The molecule has 0 aromatic heterocycles. The molecule has 1 heterocycles. The van der Waals surface area contributed by atoms with Crippen LogP contribution in [0.3, 0.4) is 0 Å². The van der Waals surface area contributed by atoms with Gasteiger partial charge in [-0.15, -0.1) is 0 Å². The first-order valence-corrected chi connectivity index (χ1v) is 9.55. The summed E-state index contributed by atoms with van der Waals surface area (Å²) in [6.45, 7) is 0.961. The number of para-hydroxylation sites is 1. The van der Waals surface area contributed by atoms with Crippen LogP contribution in [-0.2, 0) is 14.8 Å². The molecule has 0 radical (unpaired) electrons. The van der Waals surface area contributed by atoms with Gasteiger partial charge in [-0.1, -0.05) is 23.7 Å². The highest BCUT2D eigenvalue weighted by molar-refractivity contribution is 7.89. The number of rotatable bonds is 4. The zero-order valence-corrected chi connectivity index (χ0v) is 15.1. The van der Waals surface area contributed by atoms with Crippen molar-refractivity contribution < 1.29 is 27.1 Å². The lowest BCUT2D eigenvalue weighted by atomic mass is 10.2. The van der Waals surface area contributed by atoms with Gasteiger partial charge in [0.15, 0.2) is 11.6 Å². The Morgan fingerprint density at radius 3 is 2.54 bits per heavy atom. The molecule has 9 heteroatoms. The second-order valence-electron chi connectivity index (χ2n) is 5.48. The Hall–Kier alpha value is -2.00. The molecule has 1 fully saturated rings. The largest absolute Gasteiger partial charge is 0.420 e. The lowest BCUT2D eigenvalue weighted by Crippen LogP contribution is -2.40. The fraction of sp³-hybridized carbons (Fsp3) is 0.235. The van der Waals surface area contributed by atoms with E-state index in [1.807, 2.05) is 0 Å². The predicted molar refractivity (Wildman–Crippen MR) is 92.4 cm³/mol. The van der Waals surface area contributed by atoms with Gasteiger partial charge in [-0.3, -0.25) is 0 Å². The molecular weight excluding hydrogens is 385 g/mol. The van der Waals surface area contributed by atoms with Gasteiger partial charge in [-0.2, -0.15) is 4.31 Å². The molecule has 0 spiro atoms. The average molecular weight is 400 g/mol. The van der Waals surface area contributed by atoms with Crippen LogP contribution >= 0.6 is 11.6 Å². The summed E-state index contributed by atoms with van der Waals surface area (Å²) in [5, 5.41) is -0.0149. The Balaban J connectivity index is 1.90. The molecule has 1 aliphatic rings. The Morgan fingerprint density at radius 1 is 1.15 bits per heavy atom. The summed E-state index contributed by atoms with van der Waals surface area (Å²) in [6, 6.07) is 9.18. The molecule has 1 aliphatic heterocycles. The Labute approximate surface area is 155 Å². The van der Waals surface area contributed by atoms with Crippen molar-refractivity contribution in [2.45, 2.75) is 4.90 Å². The van der Waals surface area contributed by atoms with Crippen molar-refractivity contribution in [2.75, 3.05) is 26.3 Å². The van der Waals surface area contributed by atoms with Gasteiger partial charge in [0, 0.05) is 13.1 Å². The molecule has 0 saturated carbocycles. The van der Waals surface area contributed by atoms with Crippen molar-refractivity contribution in [1.82, 2.24) is 4.31 Å². The normalized spacial score (nSPS) is 15.6. The van der Waals surface area contributed by atoms with Crippen LogP contribution in [0.4, 0.5) is 4.39 Å². The van der Waals surface area contributed by atoms with Crippen molar-refractivity contribution in [2.24, 2.45) is 0 Å². The van der Waals surface area contributed by atoms with Gasteiger partial charge in [-0.25, -0.2) is 17.6 Å². The number of ether oxygens (including phenoxy) is 2. The van der Waals surface area contributed by atoms with E-state index in [0.717, 1.165) is 12.1 Å². The van der Waals surface area contributed by atoms with Crippen LogP contribution < -0.4 is 4.74 Å². The number of hydrogen-bond donors (Lipinski definition) is 0. The number of benzene rings is 2. The number of sulfonamides is 1. The van der Waals surface area contributed by atoms with Crippen LogP contribution in [0.1, 0.15) is 10.4 Å². The van der Waals surface area contributed by atoms with Crippen molar-refractivity contribution >= 4 is 27.6 Å². The number of carbonyl (C=O) groups excluding carboxylic acids is 1. The van der Waals surface area contributed by atoms with Gasteiger partial charge in [0.1, 0.15) is 4.90 Å². The van der Waals surface area contributed by atoms with Crippen LogP contribution in [0.2, 0.25) is 5.02 Å². The lowest BCUT2D eigenvalue weighted by Gasteiger charge is -2.26. The van der Waals surface area contributed by atoms with Crippen LogP contribution in [0.15, 0.2) is 47.4 Å². The van der Waals surface area contributed by atoms with E-state index in [-0.39, 0.29) is 47.5 Å². The van der Waals surface area contributed by atoms with Gasteiger partial charge in [0.25, 0.3) is 0 Å². The molecule has 0 bridgehead atoms. The molecule has 26 heavy (non-hydrogen) atoms. The van der Waals surface area contributed by atoms with E-state index < -0.39 is 21.8 Å². The molecular formula is C17H15ClFNO5S. The summed E-state index contributed by atoms with van der Waals surface area (Å²) in [7, 11) is -3.89. The monoisotopic (exact) mass is 399 g/mol. The first kappa shape index (κ1) is 18.8. The lowest BCUT2D eigenvalue weighted by molar-refractivity contribution is 0.0724. The number of nitrogens with zero attached hydrogens (tertiary/aromatic N) is 1. The van der Waals surface area contributed by atoms with Crippen LogP contribution in [-0.4, -0.2) is 45.0 Å². The second kappa shape index (κ2) is 7.71. The van der Waals surface area contributed by atoms with Gasteiger partial charge in [0.2, 0.25) is 10.0 Å². The predicted octanol–water partition coefficient (Wildman–Crippen LogP) is 2.72. The highest BCUT2D eigenvalue weighted by Crippen LogP contribution is 2.27. The Kier molecular flexibility index (Phi) is 5.57. The standard InChI is InChI=1S/C17H15ClFNO5S/c18-13-6-5-12(17(21)25-15-4-2-1-3-14(15)19)11-16(13)26(22,23)20-7-9-24-10-8-20/h1-6,11H,7-10H2. The van der Waals surface area contributed by atoms with E-state index in [0.29, 0.717) is 0 Å². The minimum absolute atomic E-state index is 0.0149. The third-order valence-electron chi connectivity index (χ3n) is 3.79. The van der Waals surface area contributed by atoms with Crippen LogP contribution in [0.5, 0.6) is 5.75 Å².